The largest absolute Gasteiger partial charge is 0.368 e. The zero-order valence-electron chi connectivity index (χ0n) is 14.4. The summed E-state index contributed by atoms with van der Waals surface area (Å²) in [6.07, 6.45) is 0. The van der Waals surface area contributed by atoms with Crippen molar-refractivity contribution in [2.24, 2.45) is 0 Å². The van der Waals surface area contributed by atoms with E-state index in [1.807, 2.05) is 48.5 Å². The van der Waals surface area contributed by atoms with Gasteiger partial charge in [0.15, 0.2) is 5.82 Å². The summed E-state index contributed by atoms with van der Waals surface area (Å²) < 4.78 is 0. The molecular weight excluding hydrogens is 296 g/mol. The van der Waals surface area contributed by atoms with Crippen molar-refractivity contribution in [1.82, 2.24) is 14.9 Å². The zero-order valence-corrected chi connectivity index (χ0v) is 14.4. The number of rotatable bonds is 7. The molecule has 124 valence electrons. The van der Waals surface area contributed by atoms with Crippen LogP contribution in [0.5, 0.6) is 0 Å². The number of hydrogen-bond donors (Lipinski definition) is 1. The smallest absolute Gasteiger partial charge is 0.162 e. The zero-order chi connectivity index (χ0) is 16.8. The summed E-state index contributed by atoms with van der Waals surface area (Å²) in [7, 11) is 0. The number of nitrogens with one attached hydrogen (secondary N) is 1. The maximum absolute atomic E-state index is 4.78. The highest BCUT2D eigenvalue weighted by atomic mass is 15.1. The summed E-state index contributed by atoms with van der Waals surface area (Å²) in [5.74, 6) is 1.67. The Morgan fingerprint density at radius 2 is 1.58 bits per heavy atom. The summed E-state index contributed by atoms with van der Waals surface area (Å²) in [6, 6.07) is 18.3. The second-order valence-corrected chi connectivity index (χ2v) is 5.73. The molecule has 0 aliphatic carbocycles. The highest BCUT2D eigenvalue weighted by molar-refractivity contribution is 5.90. The molecule has 4 nitrogen and oxygen atoms in total. The van der Waals surface area contributed by atoms with E-state index in [-0.39, 0.29) is 0 Å². The van der Waals surface area contributed by atoms with Crippen molar-refractivity contribution in [2.45, 2.75) is 13.8 Å². The van der Waals surface area contributed by atoms with Gasteiger partial charge in [-0.3, -0.25) is 0 Å². The topological polar surface area (TPSA) is 41.0 Å². The molecule has 3 aromatic rings. The molecule has 1 N–H and O–H groups in total. The Balaban J connectivity index is 1.90. The number of nitrogens with zero attached hydrogens (tertiary/aromatic N) is 3. The van der Waals surface area contributed by atoms with Crippen LogP contribution in [0.2, 0.25) is 0 Å². The van der Waals surface area contributed by atoms with Gasteiger partial charge in [-0.05, 0) is 25.2 Å². The van der Waals surface area contributed by atoms with E-state index in [0.29, 0.717) is 0 Å². The molecule has 24 heavy (non-hydrogen) atoms. The third kappa shape index (κ3) is 3.71. The van der Waals surface area contributed by atoms with Gasteiger partial charge in [-0.1, -0.05) is 56.3 Å². The first-order valence-electron chi connectivity index (χ1n) is 8.60. The average molecular weight is 320 g/mol. The Hall–Kier alpha value is -2.46. The molecule has 0 bridgehead atoms. The molecule has 0 aliphatic heterocycles. The molecule has 1 heterocycles. The predicted molar refractivity (Wildman–Crippen MR) is 101 cm³/mol. The number of anilines is 1. The van der Waals surface area contributed by atoms with Crippen molar-refractivity contribution in [1.29, 1.82) is 0 Å². The number of likely N-dealkylation sites (N-methyl/N-ethyl adjacent to an activating group) is 1. The van der Waals surface area contributed by atoms with Gasteiger partial charge in [0.05, 0.1) is 5.52 Å². The van der Waals surface area contributed by atoms with Crippen LogP contribution in [0.3, 0.4) is 0 Å². The Morgan fingerprint density at radius 3 is 2.33 bits per heavy atom. The number of fused-ring (bicyclic) bond motifs is 1. The quantitative estimate of drug-likeness (QED) is 0.713. The fraction of sp³-hybridized carbons (Fsp3) is 0.300. The Labute approximate surface area is 143 Å². The highest BCUT2D eigenvalue weighted by Crippen LogP contribution is 2.24. The molecule has 0 atom stereocenters. The molecule has 0 saturated carbocycles. The van der Waals surface area contributed by atoms with E-state index in [9.17, 15) is 0 Å². The van der Waals surface area contributed by atoms with Crippen LogP contribution in [0.15, 0.2) is 54.6 Å². The number of aromatic nitrogens is 2. The van der Waals surface area contributed by atoms with Crippen molar-refractivity contribution in [2.75, 3.05) is 31.5 Å². The van der Waals surface area contributed by atoms with E-state index in [1.54, 1.807) is 0 Å². The molecule has 0 saturated heterocycles. The van der Waals surface area contributed by atoms with Crippen LogP contribution in [0.4, 0.5) is 5.82 Å². The Kier molecular flexibility index (Phi) is 5.39. The van der Waals surface area contributed by atoms with E-state index >= 15 is 0 Å². The fourth-order valence-corrected chi connectivity index (χ4v) is 2.80. The van der Waals surface area contributed by atoms with Crippen LogP contribution in [0, 0.1) is 0 Å². The van der Waals surface area contributed by atoms with E-state index in [1.165, 1.54) is 0 Å². The van der Waals surface area contributed by atoms with Gasteiger partial charge in [-0.2, -0.15) is 0 Å². The number of para-hydroxylation sites is 1. The lowest BCUT2D eigenvalue weighted by Gasteiger charge is -2.18. The molecule has 2 aromatic carbocycles. The third-order valence-corrected chi connectivity index (χ3v) is 4.25. The Bertz CT molecular complexity index is 782. The highest BCUT2D eigenvalue weighted by Gasteiger charge is 2.09. The van der Waals surface area contributed by atoms with Crippen LogP contribution in [-0.2, 0) is 0 Å². The molecule has 1 aromatic heterocycles. The predicted octanol–water partition coefficient (Wildman–Crippen LogP) is 4.05. The molecule has 4 heteroatoms. The molecule has 3 rings (SSSR count). The molecule has 0 fully saturated rings. The number of hydrogen-bond acceptors (Lipinski definition) is 4. The van der Waals surface area contributed by atoms with Crippen LogP contribution >= 0.6 is 0 Å². The van der Waals surface area contributed by atoms with Gasteiger partial charge in [-0.15, -0.1) is 0 Å². The van der Waals surface area contributed by atoms with Crippen LogP contribution in [0.25, 0.3) is 22.3 Å². The Morgan fingerprint density at radius 1 is 0.875 bits per heavy atom. The summed E-state index contributed by atoms with van der Waals surface area (Å²) in [6.45, 7) is 8.40. The van der Waals surface area contributed by atoms with Crippen LogP contribution < -0.4 is 5.32 Å². The lowest BCUT2D eigenvalue weighted by atomic mass is 10.2. The molecule has 0 amide bonds. The minimum atomic E-state index is 0.764. The first kappa shape index (κ1) is 16.4. The van der Waals surface area contributed by atoms with Gasteiger partial charge in [0.2, 0.25) is 0 Å². The first-order chi connectivity index (χ1) is 11.8. The van der Waals surface area contributed by atoms with E-state index in [2.05, 4.69) is 30.1 Å². The van der Waals surface area contributed by atoms with Crippen molar-refractivity contribution in [3.63, 3.8) is 0 Å². The SMILES string of the molecule is CCN(CC)CCNc1nc(-c2ccccc2)nc2ccccc12. The maximum Gasteiger partial charge on any atom is 0.162 e. The lowest BCUT2D eigenvalue weighted by molar-refractivity contribution is 0.316. The van der Waals surface area contributed by atoms with Crippen molar-refractivity contribution >= 4 is 16.7 Å². The van der Waals surface area contributed by atoms with Gasteiger partial charge in [0.25, 0.3) is 0 Å². The maximum atomic E-state index is 4.78. The van der Waals surface area contributed by atoms with Gasteiger partial charge >= 0.3 is 0 Å². The summed E-state index contributed by atoms with van der Waals surface area (Å²) >= 11 is 0. The van der Waals surface area contributed by atoms with E-state index in [0.717, 1.165) is 54.3 Å². The molecular formula is C20H24N4. The standard InChI is InChI=1S/C20H24N4/c1-3-24(4-2)15-14-21-20-17-12-8-9-13-18(17)22-19(23-20)16-10-6-5-7-11-16/h5-13H,3-4,14-15H2,1-2H3,(H,21,22,23). The normalized spacial score (nSPS) is 11.1. The number of benzene rings is 2. The minimum absolute atomic E-state index is 0.764. The molecule has 0 spiro atoms. The van der Waals surface area contributed by atoms with E-state index < -0.39 is 0 Å². The summed E-state index contributed by atoms with van der Waals surface area (Å²) in [5.41, 5.74) is 2.01. The monoisotopic (exact) mass is 320 g/mol. The molecule has 0 unspecified atom stereocenters. The second kappa shape index (κ2) is 7.88. The van der Waals surface area contributed by atoms with Crippen molar-refractivity contribution < 1.29 is 0 Å². The van der Waals surface area contributed by atoms with Crippen molar-refractivity contribution in [3.05, 3.63) is 54.6 Å². The van der Waals surface area contributed by atoms with E-state index in [4.69, 9.17) is 9.97 Å². The third-order valence-electron chi connectivity index (χ3n) is 4.25. The van der Waals surface area contributed by atoms with Crippen LogP contribution in [-0.4, -0.2) is 41.0 Å². The van der Waals surface area contributed by atoms with Gasteiger partial charge in [0, 0.05) is 24.0 Å². The fourth-order valence-electron chi connectivity index (χ4n) is 2.80. The molecule has 0 radical (unpaired) electrons. The second-order valence-electron chi connectivity index (χ2n) is 5.73. The van der Waals surface area contributed by atoms with Gasteiger partial charge < -0.3 is 10.2 Å². The van der Waals surface area contributed by atoms with Crippen molar-refractivity contribution in [3.8, 4) is 11.4 Å². The summed E-state index contributed by atoms with van der Waals surface area (Å²) in [5, 5.41) is 4.57. The first-order valence-corrected chi connectivity index (χ1v) is 8.60. The average Bonchev–Trinajstić information content (AvgIpc) is 2.65. The van der Waals surface area contributed by atoms with Crippen LogP contribution in [0.1, 0.15) is 13.8 Å². The minimum Gasteiger partial charge on any atom is -0.368 e. The van der Waals surface area contributed by atoms with Gasteiger partial charge in [0.1, 0.15) is 5.82 Å². The molecule has 0 aliphatic rings. The van der Waals surface area contributed by atoms with Gasteiger partial charge in [-0.25, -0.2) is 9.97 Å². The lowest BCUT2D eigenvalue weighted by Crippen LogP contribution is -2.28. The summed E-state index contributed by atoms with van der Waals surface area (Å²) in [4.78, 5) is 11.9.